The summed E-state index contributed by atoms with van der Waals surface area (Å²) in [5, 5.41) is 3.65. The average Bonchev–Trinajstić information content (AvgIpc) is 3.24. The molecule has 0 radical (unpaired) electrons. The van der Waals surface area contributed by atoms with Crippen LogP contribution in [0.1, 0.15) is 4.88 Å². The molecule has 0 fully saturated rings. The van der Waals surface area contributed by atoms with E-state index < -0.39 is 5.82 Å². The number of aromatic nitrogens is 3. The molecule has 3 heterocycles. The minimum absolute atomic E-state index is 0.239. The second kappa shape index (κ2) is 6.28. The Hall–Kier alpha value is -3.52. The first-order valence-electron chi connectivity index (χ1n) is 8.52. The Morgan fingerprint density at radius 3 is 2.82 bits per heavy atom. The zero-order chi connectivity index (χ0) is 19.3. The SMILES string of the molecule is Cc1sc2ncnc(N)c2c1-c1ccc(Nc2nc3ccccc3o2)c(F)c1. The molecule has 5 aromatic rings. The third kappa shape index (κ3) is 2.66. The van der Waals surface area contributed by atoms with E-state index in [1.807, 2.05) is 37.3 Å². The molecule has 3 aromatic heterocycles. The molecule has 0 aliphatic heterocycles. The highest BCUT2D eigenvalue weighted by Crippen LogP contribution is 2.40. The summed E-state index contributed by atoms with van der Waals surface area (Å²) < 4.78 is 20.4. The van der Waals surface area contributed by atoms with Crippen molar-refractivity contribution in [2.45, 2.75) is 6.92 Å². The first kappa shape index (κ1) is 16.6. The predicted molar refractivity (Wildman–Crippen MR) is 109 cm³/mol. The summed E-state index contributed by atoms with van der Waals surface area (Å²) in [6.07, 6.45) is 1.44. The van der Waals surface area contributed by atoms with E-state index in [4.69, 9.17) is 10.2 Å². The average molecular weight is 391 g/mol. The fraction of sp³-hybridized carbons (Fsp3) is 0.0500. The quantitative estimate of drug-likeness (QED) is 0.435. The van der Waals surface area contributed by atoms with Crippen molar-refractivity contribution in [2.75, 3.05) is 11.1 Å². The molecule has 3 N–H and O–H groups in total. The maximum absolute atomic E-state index is 14.8. The van der Waals surface area contributed by atoms with Crippen molar-refractivity contribution < 1.29 is 8.81 Å². The number of rotatable bonds is 3. The van der Waals surface area contributed by atoms with E-state index in [-0.39, 0.29) is 11.7 Å². The number of thiophene rings is 1. The van der Waals surface area contributed by atoms with E-state index in [0.29, 0.717) is 22.5 Å². The van der Waals surface area contributed by atoms with Gasteiger partial charge in [-0.1, -0.05) is 18.2 Å². The Labute approximate surface area is 162 Å². The maximum atomic E-state index is 14.8. The van der Waals surface area contributed by atoms with Crippen molar-refractivity contribution in [3.8, 4) is 11.1 Å². The van der Waals surface area contributed by atoms with Crippen LogP contribution in [0.3, 0.4) is 0 Å². The molecule has 0 bridgehead atoms. The molecule has 0 saturated carbocycles. The van der Waals surface area contributed by atoms with Gasteiger partial charge in [-0.2, -0.15) is 4.98 Å². The number of nitrogens with two attached hydrogens (primary N) is 1. The molecule has 0 saturated heterocycles. The lowest BCUT2D eigenvalue weighted by molar-refractivity contribution is 0.612. The maximum Gasteiger partial charge on any atom is 0.300 e. The number of para-hydroxylation sites is 2. The van der Waals surface area contributed by atoms with Gasteiger partial charge in [0.15, 0.2) is 5.58 Å². The largest absolute Gasteiger partial charge is 0.423 e. The second-order valence-electron chi connectivity index (χ2n) is 6.28. The van der Waals surface area contributed by atoms with Gasteiger partial charge in [-0.3, -0.25) is 0 Å². The van der Waals surface area contributed by atoms with E-state index in [0.717, 1.165) is 20.7 Å². The van der Waals surface area contributed by atoms with Crippen molar-refractivity contribution in [3.63, 3.8) is 0 Å². The highest BCUT2D eigenvalue weighted by Gasteiger charge is 2.17. The molecule has 0 aliphatic rings. The van der Waals surface area contributed by atoms with Gasteiger partial charge in [0.2, 0.25) is 0 Å². The fourth-order valence-corrected chi connectivity index (χ4v) is 4.25. The van der Waals surface area contributed by atoms with Gasteiger partial charge in [0.1, 0.15) is 28.3 Å². The minimum Gasteiger partial charge on any atom is -0.423 e. The van der Waals surface area contributed by atoms with Crippen LogP contribution in [0.2, 0.25) is 0 Å². The predicted octanol–water partition coefficient (Wildman–Crippen LogP) is 5.27. The monoisotopic (exact) mass is 391 g/mol. The summed E-state index contributed by atoms with van der Waals surface area (Å²) >= 11 is 1.51. The van der Waals surface area contributed by atoms with Gasteiger partial charge in [0.05, 0.1) is 11.1 Å². The molecule has 0 aliphatic carbocycles. The lowest BCUT2D eigenvalue weighted by Crippen LogP contribution is -1.95. The summed E-state index contributed by atoms with van der Waals surface area (Å²) in [6, 6.07) is 12.6. The molecule has 138 valence electrons. The number of hydrogen-bond acceptors (Lipinski definition) is 7. The van der Waals surface area contributed by atoms with Crippen molar-refractivity contribution in [3.05, 3.63) is 59.5 Å². The van der Waals surface area contributed by atoms with Gasteiger partial charge in [0, 0.05) is 10.4 Å². The zero-order valence-electron chi connectivity index (χ0n) is 14.7. The number of anilines is 3. The second-order valence-corrected chi connectivity index (χ2v) is 7.48. The highest BCUT2D eigenvalue weighted by molar-refractivity contribution is 7.19. The number of nitrogens with one attached hydrogen (secondary N) is 1. The van der Waals surface area contributed by atoms with E-state index in [1.165, 1.54) is 23.7 Å². The summed E-state index contributed by atoms with van der Waals surface area (Å²) in [7, 11) is 0. The standard InChI is InChI=1S/C20H14FN5OS/c1-10-16(17-18(22)23-9-24-19(17)28-10)11-6-7-13(12(21)8-11)25-20-26-14-4-2-3-5-15(14)27-20/h2-9H,1H3,(H,25,26)(H2,22,23,24). The molecular formula is C20H14FN5OS. The number of benzene rings is 2. The number of halogens is 1. The van der Waals surface area contributed by atoms with Crippen LogP contribution in [0.15, 0.2) is 53.2 Å². The van der Waals surface area contributed by atoms with Crippen molar-refractivity contribution >= 4 is 50.2 Å². The Morgan fingerprint density at radius 2 is 2.00 bits per heavy atom. The number of aryl methyl sites for hydroxylation is 1. The van der Waals surface area contributed by atoms with Crippen LogP contribution < -0.4 is 11.1 Å². The molecule has 8 heteroatoms. The first-order valence-corrected chi connectivity index (χ1v) is 9.34. The normalized spacial score (nSPS) is 11.4. The molecule has 2 aromatic carbocycles. The molecule has 0 atom stereocenters. The van der Waals surface area contributed by atoms with E-state index in [2.05, 4.69) is 20.3 Å². The number of nitrogen functional groups attached to an aromatic ring is 1. The summed E-state index contributed by atoms with van der Waals surface area (Å²) in [4.78, 5) is 14.4. The molecule has 5 rings (SSSR count). The third-order valence-electron chi connectivity index (χ3n) is 4.49. The van der Waals surface area contributed by atoms with E-state index >= 15 is 0 Å². The van der Waals surface area contributed by atoms with Gasteiger partial charge >= 0.3 is 0 Å². The third-order valence-corrected chi connectivity index (χ3v) is 5.50. The van der Waals surface area contributed by atoms with Gasteiger partial charge < -0.3 is 15.5 Å². The van der Waals surface area contributed by atoms with Crippen molar-refractivity contribution in [2.24, 2.45) is 0 Å². The lowest BCUT2D eigenvalue weighted by Gasteiger charge is -2.08. The molecule has 0 spiro atoms. The van der Waals surface area contributed by atoms with E-state index in [9.17, 15) is 4.39 Å². The van der Waals surface area contributed by atoms with Crippen LogP contribution in [-0.2, 0) is 0 Å². The number of fused-ring (bicyclic) bond motifs is 2. The summed E-state index contributed by atoms with van der Waals surface area (Å²) in [5.74, 6) is -0.0348. The van der Waals surface area contributed by atoms with Crippen LogP contribution in [0, 0.1) is 12.7 Å². The van der Waals surface area contributed by atoms with Crippen LogP contribution in [0.4, 0.5) is 21.9 Å². The number of hydrogen-bond donors (Lipinski definition) is 2. The van der Waals surface area contributed by atoms with Crippen molar-refractivity contribution in [1.82, 2.24) is 15.0 Å². The Morgan fingerprint density at radius 1 is 1.14 bits per heavy atom. The van der Waals surface area contributed by atoms with Gasteiger partial charge in [0.25, 0.3) is 6.01 Å². The van der Waals surface area contributed by atoms with Crippen LogP contribution >= 0.6 is 11.3 Å². The number of oxazole rings is 1. The van der Waals surface area contributed by atoms with Crippen LogP contribution in [0.25, 0.3) is 32.4 Å². The lowest BCUT2D eigenvalue weighted by atomic mass is 10.0. The molecular weight excluding hydrogens is 377 g/mol. The van der Waals surface area contributed by atoms with Gasteiger partial charge in [-0.25, -0.2) is 14.4 Å². The minimum atomic E-state index is -0.422. The van der Waals surface area contributed by atoms with Gasteiger partial charge in [-0.15, -0.1) is 11.3 Å². The Balaban J connectivity index is 1.54. The molecule has 0 amide bonds. The number of nitrogens with zero attached hydrogens (tertiary/aromatic N) is 3. The van der Waals surface area contributed by atoms with E-state index in [1.54, 1.807) is 6.07 Å². The smallest absolute Gasteiger partial charge is 0.300 e. The first-order chi connectivity index (χ1) is 13.6. The topological polar surface area (TPSA) is 89.9 Å². The Kier molecular flexibility index (Phi) is 3.73. The highest BCUT2D eigenvalue weighted by atomic mass is 32.1. The molecule has 6 nitrogen and oxygen atoms in total. The zero-order valence-corrected chi connectivity index (χ0v) is 15.5. The summed E-state index contributed by atoms with van der Waals surface area (Å²) in [5.41, 5.74) is 9.23. The van der Waals surface area contributed by atoms with Gasteiger partial charge in [-0.05, 0) is 36.8 Å². The molecule has 28 heavy (non-hydrogen) atoms. The van der Waals surface area contributed by atoms with Crippen molar-refractivity contribution in [1.29, 1.82) is 0 Å². The summed E-state index contributed by atoms with van der Waals surface area (Å²) in [6.45, 7) is 1.96. The van der Waals surface area contributed by atoms with Crippen LogP contribution in [-0.4, -0.2) is 15.0 Å². The van der Waals surface area contributed by atoms with Crippen LogP contribution in [0.5, 0.6) is 0 Å². The Bertz CT molecular complexity index is 1310. The molecule has 0 unspecified atom stereocenters. The fourth-order valence-electron chi connectivity index (χ4n) is 3.23.